The van der Waals surface area contributed by atoms with Gasteiger partial charge in [0, 0.05) is 23.7 Å². The van der Waals surface area contributed by atoms with E-state index >= 15 is 0 Å². The number of hydrogen-bond donors (Lipinski definition) is 2. The van der Waals surface area contributed by atoms with Crippen molar-refractivity contribution in [1.82, 2.24) is 4.98 Å². The molecule has 0 aliphatic heterocycles. The summed E-state index contributed by atoms with van der Waals surface area (Å²) in [5.41, 5.74) is 6.01. The summed E-state index contributed by atoms with van der Waals surface area (Å²) in [5.74, 6) is -0.180. The highest BCUT2D eigenvalue weighted by atomic mass is 32.1. The molecule has 24 heavy (non-hydrogen) atoms. The van der Waals surface area contributed by atoms with Crippen molar-refractivity contribution >= 4 is 33.8 Å². The lowest BCUT2D eigenvalue weighted by Crippen LogP contribution is -2.22. The predicted octanol–water partition coefficient (Wildman–Crippen LogP) is 3.61. The van der Waals surface area contributed by atoms with Gasteiger partial charge in [-0.25, -0.2) is 4.98 Å². The SMILES string of the molecule is Nc1nc(NC2CCCCC2)sc1C(=O)c1cccc([N+](=O)[O-])c1. The summed E-state index contributed by atoms with van der Waals surface area (Å²) < 4.78 is 0. The number of thiazole rings is 1. The quantitative estimate of drug-likeness (QED) is 0.486. The van der Waals surface area contributed by atoms with Gasteiger partial charge in [0.15, 0.2) is 5.13 Å². The third-order valence-electron chi connectivity index (χ3n) is 4.11. The Balaban J connectivity index is 1.80. The number of anilines is 2. The minimum atomic E-state index is -0.525. The van der Waals surface area contributed by atoms with Crippen LogP contribution < -0.4 is 11.1 Å². The Kier molecular flexibility index (Phi) is 4.75. The second kappa shape index (κ2) is 6.96. The lowest BCUT2D eigenvalue weighted by atomic mass is 9.96. The van der Waals surface area contributed by atoms with Crippen molar-refractivity contribution in [3.05, 3.63) is 44.8 Å². The van der Waals surface area contributed by atoms with Crippen molar-refractivity contribution in [2.45, 2.75) is 38.1 Å². The summed E-state index contributed by atoms with van der Waals surface area (Å²) in [6.45, 7) is 0. The fraction of sp³-hybridized carbons (Fsp3) is 0.375. The highest BCUT2D eigenvalue weighted by molar-refractivity contribution is 7.18. The van der Waals surface area contributed by atoms with E-state index in [9.17, 15) is 14.9 Å². The minimum Gasteiger partial charge on any atom is -0.382 e. The molecule has 1 aromatic heterocycles. The molecule has 0 saturated heterocycles. The average molecular weight is 346 g/mol. The number of non-ortho nitro benzene ring substituents is 1. The van der Waals surface area contributed by atoms with Crippen LogP contribution in [-0.2, 0) is 0 Å². The number of nitrogens with zero attached hydrogens (tertiary/aromatic N) is 2. The summed E-state index contributed by atoms with van der Waals surface area (Å²) in [6.07, 6.45) is 5.83. The van der Waals surface area contributed by atoms with Crippen LogP contribution in [0.25, 0.3) is 0 Å². The van der Waals surface area contributed by atoms with Gasteiger partial charge < -0.3 is 11.1 Å². The largest absolute Gasteiger partial charge is 0.382 e. The van der Waals surface area contributed by atoms with Gasteiger partial charge in [-0.15, -0.1) is 0 Å². The van der Waals surface area contributed by atoms with Gasteiger partial charge >= 0.3 is 0 Å². The molecule has 3 rings (SSSR count). The maximum Gasteiger partial charge on any atom is 0.270 e. The number of nitrogens with two attached hydrogens (primary N) is 1. The molecule has 7 nitrogen and oxygen atoms in total. The van der Waals surface area contributed by atoms with Crippen molar-refractivity contribution in [2.24, 2.45) is 0 Å². The Labute approximate surface area is 143 Å². The smallest absolute Gasteiger partial charge is 0.270 e. The second-order valence-electron chi connectivity index (χ2n) is 5.85. The fourth-order valence-corrected chi connectivity index (χ4v) is 3.79. The van der Waals surface area contributed by atoms with Gasteiger partial charge in [-0.1, -0.05) is 42.7 Å². The zero-order chi connectivity index (χ0) is 17.1. The van der Waals surface area contributed by atoms with Crippen LogP contribution in [0.5, 0.6) is 0 Å². The summed E-state index contributed by atoms with van der Waals surface area (Å²) >= 11 is 1.20. The number of nitro benzene ring substituents is 1. The van der Waals surface area contributed by atoms with Gasteiger partial charge in [-0.3, -0.25) is 14.9 Å². The first-order chi connectivity index (χ1) is 11.5. The van der Waals surface area contributed by atoms with Crippen molar-refractivity contribution in [2.75, 3.05) is 11.1 Å². The van der Waals surface area contributed by atoms with E-state index in [2.05, 4.69) is 10.3 Å². The van der Waals surface area contributed by atoms with E-state index in [4.69, 9.17) is 5.73 Å². The first kappa shape index (κ1) is 16.4. The monoisotopic (exact) mass is 346 g/mol. The van der Waals surface area contributed by atoms with Gasteiger partial charge in [-0.2, -0.15) is 0 Å². The standard InChI is InChI=1S/C16H18N4O3S/c17-15-14(13(21)10-5-4-8-12(9-10)20(22)23)24-16(19-15)18-11-6-2-1-3-7-11/h4-5,8-9,11H,1-3,6-7,17H2,(H,18,19). The van der Waals surface area contributed by atoms with Crippen LogP contribution >= 0.6 is 11.3 Å². The molecule has 1 aromatic carbocycles. The topological polar surface area (TPSA) is 111 Å². The molecule has 0 spiro atoms. The highest BCUT2D eigenvalue weighted by Crippen LogP contribution is 2.30. The number of nitro groups is 1. The Bertz CT molecular complexity index is 768. The molecular weight excluding hydrogens is 328 g/mol. The number of hydrogen-bond acceptors (Lipinski definition) is 7. The molecule has 2 aromatic rings. The van der Waals surface area contributed by atoms with E-state index in [-0.39, 0.29) is 22.9 Å². The minimum absolute atomic E-state index is 0.121. The molecule has 1 aliphatic rings. The van der Waals surface area contributed by atoms with Crippen LogP contribution in [-0.4, -0.2) is 21.7 Å². The summed E-state index contributed by atoms with van der Waals surface area (Å²) in [6, 6.07) is 6.01. The number of benzene rings is 1. The number of rotatable bonds is 5. The summed E-state index contributed by atoms with van der Waals surface area (Å²) in [5, 5.41) is 14.8. The molecule has 0 amide bonds. The third-order valence-corrected chi connectivity index (χ3v) is 5.11. The molecule has 0 atom stereocenters. The number of nitrogen functional groups attached to an aromatic ring is 1. The van der Waals surface area contributed by atoms with Crippen LogP contribution in [0, 0.1) is 10.1 Å². The molecule has 1 fully saturated rings. The highest BCUT2D eigenvalue weighted by Gasteiger charge is 2.21. The van der Waals surface area contributed by atoms with Crippen LogP contribution in [0.3, 0.4) is 0 Å². The number of carbonyl (C=O) groups excluding carboxylic acids is 1. The third kappa shape index (κ3) is 3.53. The molecule has 1 saturated carbocycles. The molecule has 3 N–H and O–H groups in total. The lowest BCUT2D eigenvalue weighted by Gasteiger charge is -2.22. The Morgan fingerprint density at radius 1 is 1.33 bits per heavy atom. The van der Waals surface area contributed by atoms with Crippen LogP contribution in [0.1, 0.15) is 47.3 Å². The maximum absolute atomic E-state index is 12.6. The van der Waals surface area contributed by atoms with E-state index in [1.165, 1.54) is 48.8 Å². The first-order valence-electron chi connectivity index (χ1n) is 7.86. The summed E-state index contributed by atoms with van der Waals surface area (Å²) in [4.78, 5) is 27.5. The molecule has 0 unspecified atom stereocenters. The predicted molar refractivity (Wildman–Crippen MR) is 93.6 cm³/mol. The lowest BCUT2D eigenvalue weighted by molar-refractivity contribution is -0.384. The molecular formula is C16H18N4O3S. The van der Waals surface area contributed by atoms with E-state index in [1.807, 2.05) is 0 Å². The van der Waals surface area contributed by atoms with E-state index in [0.717, 1.165) is 12.8 Å². The van der Waals surface area contributed by atoms with Crippen molar-refractivity contribution in [3.63, 3.8) is 0 Å². The zero-order valence-electron chi connectivity index (χ0n) is 13.0. The summed E-state index contributed by atoms with van der Waals surface area (Å²) in [7, 11) is 0. The molecule has 126 valence electrons. The first-order valence-corrected chi connectivity index (χ1v) is 8.68. The van der Waals surface area contributed by atoms with Crippen LogP contribution in [0.2, 0.25) is 0 Å². The van der Waals surface area contributed by atoms with Crippen molar-refractivity contribution in [1.29, 1.82) is 0 Å². The van der Waals surface area contributed by atoms with E-state index in [1.54, 1.807) is 6.07 Å². The zero-order valence-corrected chi connectivity index (χ0v) is 13.8. The Morgan fingerprint density at radius 2 is 2.08 bits per heavy atom. The van der Waals surface area contributed by atoms with E-state index in [0.29, 0.717) is 16.1 Å². The number of ketones is 1. The van der Waals surface area contributed by atoms with Gasteiger partial charge in [0.05, 0.1) is 4.92 Å². The maximum atomic E-state index is 12.6. The van der Waals surface area contributed by atoms with Gasteiger partial charge in [0.25, 0.3) is 5.69 Å². The number of carbonyl (C=O) groups is 1. The Hall–Kier alpha value is -2.48. The number of aromatic nitrogens is 1. The van der Waals surface area contributed by atoms with Gasteiger partial charge in [0.2, 0.25) is 5.78 Å². The number of nitrogens with one attached hydrogen (secondary N) is 1. The normalized spacial score (nSPS) is 15.2. The van der Waals surface area contributed by atoms with Gasteiger partial charge in [-0.05, 0) is 12.8 Å². The Morgan fingerprint density at radius 3 is 2.79 bits per heavy atom. The van der Waals surface area contributed by atoms with Crippen molar-refractivity contribution in [3.8, 4) is 0 Å². The van der Waals surface area contributed by atoms with E-state index < -0.39 is 4.92 Å². The second-order valence-corrected chi connectivity index (χ2v) is 6.85. The molecule has 1 aliphatic carbocycles. The fourth-order valence-electron chi connectivity index (χ4n) is 2.87. The molecule has 8 heteroatoms. The van der Waals surface area contributed by atoms with Gasteiger partial charge in [0.1, 0.15) is 10.7 Å². The molecule has 0 radical (unpaired) electrons. The average Bonchev–Trinajstić information content (AvgIpc) is 2.95. The van der Waals surface area contributed by atoms with Crippen LogP contribution in [0.15, 0.2) is 24.3 Å². The van der Waals surface area contributed by atoms with Crippen molar-refractivity contribution < 1.29 is 9.72 Å². The van der Waals surface area contributed by atoms with Crippen LogP contribution in [0.4, 0.5) is 16.6 Å². The molecule has 1 heterocycles. The molecule has 0 bridgehead atoms.